The average molecular weight is 252 g/mol. The molecule has 0 bridgehead atoms. The van der Waals surface area contributed by atoms with Gasteiger partial charge in [-0.05, 0) is 25.5 Å². The van der Waals surface area contributed by atoms with E-state index in [9.17, 15) is 9.90 Å². The summed E-state index contributed by atoms with van der Waals surface area (Å²) >= 11 is 0. The fourth-order valence-corrected chi connectivity index (χ4v) is 1.45. The van der Waals surface area contributed by atoms with Gasteiger partial charge in [0, 0.05) is 12.2 Å². The number of aliphatic hydroxyl groups is 1. The number of rotatable bonds is 5. The zero-order valence-corrected chi connectivity index (χ0v) is 11.0. The normalized spacial score (nSPS) is 13.8. The number of nitrogens with two attached hydrogens (primary N) is 1. The molecule has 0 spiro atoms. The number of hydrogen-bond acceptors (Lipinski definition) is 4. The molecule has 1 rings (SSSR count). The molecule has 1 atom stereocenters. The van der Waals surface area contributed by atoms with Crippen LogP contribution in [0.4, 0.5) is 5.69 Å². The molecule has 4 N–H and O–H groups in total. The third kappa shape index (κ3) is 3.37. The van der Waals surface area contributed by atoms with E-state index >= 15 is 0 Å². The fourth-order valence-electron chi connectivity index (χ4n) is 1.45. The summed E-state index contributed by atoms with van der Waals surface area (Å²) in [5.41, 5.74) is 5.49. The first kappa shape index (κ1) is 14.3. The molecule has 5 nitrogen and oxygen atoms in total. The van der Waals surface area contributed by atoms with Crippen molar-refractivity contribution in [1.82, 2.24) is 5.32 Å². The van der Waals surface area contributed by atoms with E-state index in [0.717, 1.165) is 0 Å². The number of ether oxygens (including phenoxy) is 1. The minimum absolute atomic E-state index is 0.166. The standard InChI is InChI=1S/C13H20N2O3/c1-4-13(2,17)8-15-12(16)11-9(14)6-5-7-10(11)18-3/h5-7,17H,4,8,14H2,1-3H3,(H,15,16). The van der Waals surface area contributed by atoms with Crippen molar-refractivity contribution in [3.05, 3.63) is 23.8 Å². The molecule has 0 fully saturated rings. The lowest BCUT2D eigenvalue weighted by Crippen LogP contribution is -2.40. The first-order chi connectivity index (χ1) is 8.41. The third-order valence-corrected chi connectivity index (χ3v) is 2.90. The van der Waals surface area contributed by atoms with Crippen LogP contribution in [0, 0.1) is 0 Å². The number of benzene rings is 1. The van der Waals surface area contributed by atoms with Gasteiger partial charge in [-0.3, -0.25) is 4.79 Å². The van der Waals surface area contributed by atoms with E-state index < -0.39 is 5.60 Å². The van der Waals surface area contributed by atoms with E-state index in [1.54, 1.807) is 25.1 Å². The largest absolute Gasteiger partial charge is 0.496 e. The van der Waals surface area contributed by atoms with Crippen LogP contribution >= 0.6 is 0 Å². The average Bonchev–Trinajstić information content (AvgIpc) is 2.35. The van der Waals surface area contributed by atoms with Crippen molar-refractivity contribution in [2.24, 2.45) is 0 Å². The first-order valence-corrected chi connectivity index (χ1v) is 5.84. The molecule has 0 radical (unpaired) electrons. The van der Waals surface area contributed by atoms with Gasteiger partial charge in [-0.15, -0.1) is 0 Å². The zero-order valence-electron chi connectivity index (χ0n) is 11.0. The molecule has 1 aromatic carbocycles. The number of hydrogen-bond donors (Lipinski definition) is 3. The molecular formula is C13H20N2O3. The number of amides is 1. The molecule has 1 aromatic rings. The van der Waals surface area contributed by atoms with E-state index in [2.05, 4.69) is 5.32 Å². The number of nitrogens with one attached hydrogen (secondary N) is 1. The summed E-state index contributed by atoms with van der Waals surface area (Å²) in [6, 6.07) is 5.02. The van der Waals surface area contributed by atoms with Crippen LogP contribution in [0.15, 0.2) is 18.2 Å². The number of carbonyl (C=O) groups is 1. The Balaban J connectivity index is 2.85. The van der Waals surface area contributed by atoms with Crippen LogP contribution in [0.5, 0.6) is 5.75 Å². The summed E-state index contributed by atoms with van der Waals surface area (Å²) in [6.45, 7) is 3.68. The molecule has 0 saturated carbocycles. The van der Waals surface area contributed by atoms with Crippen LogP contribution in [0.2, 0.25) is 0 Å². The highest BCUT2D eigenvalue weighted by Crippen LogP contribution is 2.23. The minimum atomic E-state index is -0.924. The number of carbonyl (C=O) groups excluding carboxylic acids is 1. The lowest BCUT2D eigenvalue weighted by atomic mass is 10.0. The highest BCUT2D eigenvalue weighted by molar-refractivity contribution is 6.01. The molecule has 100 valence electrons. The molecular weight excluding hydrogens is 232 g/mol. The molecule has 1 amide bonds. The van der Waals surface area contributed by atoms with E-state index in [1.165, 1.54) is 7.11 Å². The smallest absolute Gasteiger partial charge is 0.257 e. The van der Waals surface area contributed by atoms with Gasteiger partial charge in [0.1, 0.15) is 11.3 Å². The highest BCUT2D eigenvalue weighted by Gasteiger charge is 2.21. The molecule has 5 heteroatoms. The lowest BCUT2D eigenvalue weighted by Gasteiger charge is -2.22. The maximum Gasteiger partial charge on any atom is 0.257 e. The van der Waals surface area contributed by atoms with E-state index in [0.29, 0.717) is 23.4 Å². The molecule has 0 aliphatic carbocycles. The molecule has 18 heavy (non-hydrogen) atoms. The van der Waals surface area contributed by atoms with Crippen molar-refractivity contribution >= 4 is 11.6 Å². The summed E-state index contributed by atoms with van der Waals surface area (Å²) in [4.78, 5) is 12.0. The summed E-state index contributed by atoms with van der Waals surface area (Å²) in [5.74, 6) is 0.0716. The molecule has 0 saturated heterocycles. The van der Waals surface area contributed by atoms with Gasteiger partial charge >= 0.3 is 0 Å². The maximum absolute atomic E-state index is 12.0. The van der Waals surface area contributed by atoms with Crippen LogP contribution < -0.4 is 15.8 Å². The third-order valence-electron chi connectivity index (χ3n) is 2.90. The predicted octanol–water partition coefficient (Wildman–Crippen LogP) is 1.17. The first-order valence-electron chi connectivity index (χ1n) is 5.84. The zero-order chi connectivity index (χ0) is 13.8. The molecule has 0 aromatic heterocycles. The summed E-state index contributed by atoms with van der Waals surface area (Å²) in [6.07, 6.45) is 0.550. The second kappa shape index (κ2) is 5.73. The number of nitrogen functional groups attached to an aromatic ring is 1. The van der Waals surface area contributed by atoms with Gasteiger partial charge in [0.25, 0.3) is 5.91 Å². The Hall–Kier alpha value is -1.75. The predicted molar refractivity (Wildman–Crippen MR) is 70.7 cm³/mol. The fraction of sp³-hybridized carbons (Fsp3) is 0.462. The second-order valence-electron chi connectivity index (χ2n) is 4.46. The van der Waals surface area contributed by atoms with E-state index in [-0.39, 0.29) is 12.5 Å². The van der Waals surface area contributed by atoms with Crippen molar-refractivity contribution in [2.75, 3.05) is 19.4 Å². The van der Waals surface area contributed by atoms with Gasteiger partial charge in [0.2, 0.25) is 0 Å². The minimum Gasteiger partial charge on any atom is -0.496 e. The van der Waals surface area contributed by atoms with Gasteiger partial charge in [-0.2, -0.15) is 0 Å². The van der Waals surface area contributed by atoms with Gasteiger partial charge in [0.05, 0.1) is 12.7 Å². The summed E-state index contributed by atoms with van der Waals surface area (Å²) < 4.78 is 5.10. The van der Waals surface area contributed by atoms with Crippen molar-refractivity contribution in [3.8, 4) is 5.75 Å². The number of anilines is 1. The Morgan fingerprint density at radius 2 is 2.22 bits per heavy atom. The SMILES string of the molecule is CCC(C)(O)CNC(=O)c1c(N)cccc1OC. The van der Waals surface area contributed by atoms with Crippen molar-refractivity contribution in [2.45, 2.75) is 25.9 Å². The van der Waals surface area contributed by atoms with Crippen molar-refractivity contribution in [1.29, 1.82) is 0 Å². The van der Waals surface area contributed by atoms with Crippen molar-refractivity contribution in [3.63, 3.8) is 0 Å². The van der Waals surface area contributed by atoms with Gasteiger partial charge < -0.3 is 20.9 Å². The Kier molecular flexibility index (Phi) is 4.55. The van der Waals surface area contributed by atoms with Crippen LogP contribution in [0.25, 0.3) is 0 Å². The Morgan fingerprint density at radius 1 is 1.56 bits per heavy atom. The Morgan fingerprint density at radius 3 is 2.78 bits per heavy atom. The van der Waals surface area contributed by atoms with Crippen LogP contribution in [-0.2, 0) is 0 Å². The molecule has 0 heterocycles. The second-order valence-corrected chi connectivity index (χ2v) is 4.46. The summed E-state index contributed by atoms with van der Waals surface area (Å²) in [5, 5.41) is 12.5. The van der Waals surface area contributed by atoms with Gasteiger partial charge in [-0.25, -0.2) is 0 Å². The van der Waals surface area contributed by atoms with Crippen molar-refractivity contribution < 1.29 is 14.6 Å². The van der Waals surface area contributed by atoms with Gasteiger partial charge in [-0.1, -0.05) is 13.0 Å². The number of methoxy groups -OCH3 is 1. The van der Waals surface area contributed by atoms with Crippen LogP contribution in [0.3, 0.4) is 0 Å². The quantitative estimate of drug-likeness (QED) is 0.687. The monoisotopic (exact) mass is 252 g/mol. The van der Waals surface area contributed by atoms with Crippen LogP contribution in [-0.4, -0.2) is 30.3 Å². The molecule has 0 aliphatic heterocycles. The Bertz CT molecular complexity index is 430. The van der Waals surface area contributed by atoms with Crippen LogP contribution in [0.1, 0.15) is 30.6 Å². The lowest BCUT2D eigenvalue weighted by molar-refractivity contribution is 0.0518. The Labute approximate surface area is 107 Å². The van der Waals surface area contributed by atoms with E-state index in [1.807, 2.05) is 6.92 Å². The highest BCUT2D eigenvalue weighted by atomic mass is 16.5. The maximum atomic E-state index is 12.0. The summed E-state index contributed by atoms with van der Waals surface area (Å²) in [7, 11) is 1.48. The van der Waals surface area contributed by atoms with Gasteiger partial charge in [0.15, 0.2) is 0 Å². The molecule has 0 aliphatic rings. The molecule has 1 unspecified atom stereocenters. The van der Waals surface area contributed by atoms with E-state index in [4.69, 9.17) is 10.5 Å². The topological polar surface area (TPSA) is 84.6 Å².